The molecule has 1 amide bonds. The average Bonchev–Trinajstić information content (AvgIpc) is 3.20. The van der Waals surface area contributed by atoms with Crippen molar-refractivity contribution in [2.24, 2.45) is 0 Å². The summed E-state index contributed by atoms with van der Waals surface area (Å²) in [4.78, 5) is 13.5. The van der Waals surface area contributed by atoms with Crippen molar-refractivity contribution in [3.63, 3.8) is 0 Å². The standard InChI is InChI=1S/C23H20FN3O3S2/c24-17-9-12-19-21(14-17)31-23(25-19)26-22(28)16-7-10-18(11-8-16)32(29,30)27-13-3-5-15-4-1-2-6-20(15)27/h1-2,4,6-12,14,23,25H,3,5,13H2,(H,26,28). The van der Waals surface area contributed by atoms with Gasteiger partial charge < -0.3 is 10.6 Å². The Bertz CT molecular complexity index is 1300. The lowest BCUT2D eigenvalue weighted by molar-refractivity contribution is 0.0953. The number of fused-ring (bicyclic) bond motifs is 2. The van der Waals surface area contributed by atoms with E-state index in [4.69, 9.17) is 0 Å². The zero-order valence-corrected chi connectivity index (χ0v) is 18.5. The van der Waals surface area contributed by atoms with Gasteiger partial charge in [-0.15, -0.1) is 0 Å². The summed E-state index contributed by atoms with van der Waals surface area (Å²) in [5.41, 5.74) is 2.38. The van der Waals surface area contributed by atoms with Crippen LogP contribution >= 0.6 is 11.8 Å². The highest BCUT2D eigenvalue weighted by atomic mass is 32.2. The molecule has 0 aliphatic carbocycles. The van der Waals surface area contributed by atoms with E-state index in [9.17, 15) is 17.6 Å². The number of carbonyl (C=O) groups excluding carboxylic acids is 1. The average molecular weight is 470 g/mol. The molecule has 1 unspecified atom stereocenters. The second-order valence-corrected chi connectivity index (χ2v) is 10.6. The molecule has 2 N–H and O–H groups in total. The fourth-order valence-electron chi connectivity index (χ4n) is 3.93. The van der Waals surface area contributed by atoms with Gasteiger partial charge in [0.1, 0.15) is 5.82 Å². The number of rotatable bonds is 4. The second kappa shape index (κ2) is 8.14. The molecule has 9 heteroatoms. The molecule has 0 fully saturated rings. The zero-order chi connectivity index (χ0) is 22.3. The molecule has 2 aliphatic heterocycles. The third kappa shape index (κ3) is 3.82. The van der Waals surface area contributed by atoms with Gasteiger partial charge in [-0.05, 0) is 66.9 Å². The number of carbonyl (C=O) groups is 1. The number of thioether (sulfide) groups is 1. The highest BCUT2D eigenvalue weighted by Gasteiger charge is 2.29. The molecule has 0 radical (unpaired) electrons. The van der Waals surface area contributed by atoms with Gasteiger partial charge in [0.25, 0.3) is 15.9 Å². The molecule has 1 atom stereocenters. The molecule has 164 valence electrons. The van der Waals surface area contributed by atoms with Gasteiger partial charge in [-0.25, -0.2) is 12.8 Å². The second-order valence-electron chi connectivity index (χ2n) is 7.59. The summed E-state index contributed by atoms with van der Waals surface area (Å²) in [5, 5.41) is 5.94. The summed E-state index contributed by atoms with van der Waals surface area (Å²) in [5.74, 6) is -0.686. The van der Waals surface area contributed by atoms with E-state index in [0.29, 0.717) is 17.8 Å². The molecule has 5 rings (SSSR count). The molecule has 0 spiro atoms. The molecule has 2 heterocycles. The number of hydrogen-bond acceptors (Lipinski definition) is 5. The van der Waals surface area contributed by atoms with E-state index in [1.165, 1.54) is 52.5 Å². The van der Waals surface area contributed by atoms with Crippen molar-refractivity contribution < 1.29 is 17.6 Å². The summed E-state index contributed by atoms with van der Waals surface area (Å²) in [7, 11) is -3.73. The zero-order valence-electron chi connectivity index (χ0n) is 16.9. The molecular formula is C23H20FN3O3S2. The van der Waals surface area contributed by atoms with Gasteiger partial charge in [-0.1, -0.05) is 30.0 Å². The van der Waals surface area contributed by atoms with Crippen molar-refractivity contribution in [1.29, 1.82) is 0 Å². The van der Waals surface area contributed by atoms with Crippen LogP contribution in [0.5, 0.6) is 0 Å². The van der Waals surface area contributed by atoms with Gasteiger partial charge in [0.2, 0.25) is 0 Å². The maximum absolute atomic E-state index is 13.4. The predicted molar refractivity (Wildman–Crippen MR) is 123 cm³/mol. The minimum absolute atomic E-state index is 0.141. The number of hydrogen-bond donors (Lipinski definition) is 2. The summed E-state index contributed by atoms with van der Waals surface area (Å²) in [6, 6.07) is 17.8. The molecule has 2 aliphatic rings. The number of nitrogens with one attached hydrogen (secondary N) is 2. The van der Waals surface area contributed by atoms with Crippen LogP contribution < -0.4 is 14.9 Å². The van der Waals surface area contributed by atoms with Gasteiger partial charge in [0.05, 0.1) is 16.3 Å². The first-order valence-electron chi connectivity index (χ1n) is 10.2. The van der Waals surface area contributed by atoms with E-state index in [-0.39, 0.29) is 16.6 Å². The van der Waals surface area contributed by atoms with Crippen molar-refractivity contribution in [2.75, 3.05) is 16.2 Å². The van der Waals surface area contributed by atoms with Crippen molar-refractivity contribution in [3.8, 4) is 0 Å². The van der Waals surface area contributed by atoms with Crippen LogP contribution in [0.2, 0.25) is 0 Å². The predicted octanol–water partition coefficient (Wildman–Crippen LogP) is 4.20. The number of halogens is 1. The van der Waals surface area contributed by atoms with Gasteiger partial charge >= 0.3 is 0 Å². The number of anilines is 2. The van der Waals surface area contributed by atoms with Crippen molar-refractivity contribution in [3.05, 3.63) is 83.7 Å². The van der Waals surface area contributed by atoms with Gasteiger partial charge in [-0.3, -0.25) is 9.10 Å². The molecule has 0 bridgehead atoms. The fourth-order valence-corrected chi connectivity index (χ4v) is 6.51. The largest absolute Gasteiger partial charge is 0.356 e. The Morgan fingerprint density at radius 3 is 2.69 bits per heavy atom. The number of nitrogens with zero attached hydrogens (tertiary/aromatic N) is 1. The first kappa shape index (κ1) is 20.8. The Morgan fingerprint density at radius 2 is 1.88 bits per heavy atom. The van der Waals surface area contributed by atoms with E-state index < -0.39 is 15.5 Å². The summed E-state index contributed by atoms with van der Waals surface area (Å²) < 4.78 is 41.3. The topological polar surface area (TPSA) is 78.5 Å². The van der Waals surface area contributed by atoms with E-state index in [1.54, 1.807) is 6.07 Å². The van der Waals surface area contributed by atoms with E-state index in [1.807, 2.05) is 24.3 Å². The van der Waals surface area contributed by atoms with E-state index in [2.05, 4.69) is 10.6 Å². The highest BCUT2D eigenvalue weighted by molar-refractivity contribution is 8.00. The van der Waals surface area contributed by atoms with Crippen molar-refractivity contribution >= 4 is 39.1 Å². The normalized spacial score (nSPS) is 17.3. The van der Waals surface area contributed by atoms with Crippen LogP contribution in [0.25, 0.3) is 0 Å². The van der Waals surface area contributed by atoms with E-state index in [0.717, 1.165) is 29.0 Å². The Hall–Kier alpha value is -3.04. The van der Waals surface area contributed by atoms with Crippen LogP contribution in [-0.4, -0.2) is 26.4 Å². The molecule has 0 saturated carbocycles. The molecule has 3 aromatic rings. The maximum atomic E-state index is 13.4. The quantitative estimate of drug-likeness (QED) is 0.599. The lowest BCUT2D eigenvalue weighted by atomic mass is 10.0. The highest BCUT2D eigenvalue weighted by Crippen LogP contribution is 2.37. The number of benzene rings is 3. The monoisotopic (exact) mass is 469 g/mol. The first-order chi connectivity index (χ1) is 15.4. The summed E-state index contributed by atoms with van der Waals surface area (Å²) >= 11 is 1.31. The van der Waals surface area contributed by atoms with Crippen LogP contribution in [0.15, 0.2) is 76.5 Å². The smallest absolute Gasteiger partial charge is 0.264 e. The Morgan fingerprint density at radius 1 is 1.09 bits per heavy atom. The maximum Gasteiger partial charge on any atom is 0.264 e. The Kier molecular flexibility index (Phi) is 5.30. The minimum atomic E-state index is -3.73. The van der Waals surface area contributed by atoms with Crippen molar-refractivity contribution in [1.82, 2.24) is 5.32 Å². The van der Waals surface area contributed by atoms with Crippen LogP contribution in [0, 0.1) is 5.82 Å². The number of sulfonamides is 1. The summed E-state index contributed by atoms with van der Waals surface area (Å²) in [6.45, 7) is 0.424. The van der Waals surface area contributed by atoms with E-state index >= 15 is 0 Å². The molecule has 32 heavy (non-hydrogen) atoms. The molecule has 0 saturated heterocycles. The first-order valence-corrected chi connectivity index (χ1v) is 12.5. The van der Waals surface area contributed by atoms with Gasteiger partial charge in [-0.2, -0.15) is 0 Å². The SMILES string of the molecule is O=C(NC1Nc2ccc(F)cc2S1)c1ccc(S(=O)(=O)N2CCCc3ccccc32)cc1. The Labute approximate surface area is 189 Å². The third-order valence-corrected chi connectivity index (χ3v) is 8.40. The van der Waals surface area contributed by atoms with Crippen LogP contribution in [0.4, 0.5) is 15.8 Å². The molecule has 6 nitrogen and oxygen atoms in total. The molecule has 3 aromatic carbocycles. The lowest BCUT2D eigenvalue weighted by Crippen LogP contribution is -2.36. The lowest BCUT2D eigenvalue weighted by Gasteiger charge is -2.30. The van der Waals surface area contributed by atoms with Gasteiger partial charge in [0.15, 0.2) is 5.50 Å². The van der Waals surface area contributed by atoms with Gasteiger partial charge in [0, 0.05) is 17.0 Å². The third-order valence-electron chi connectivity index (χ3n) is 5.51. The molecular weight excluding hydrogens is 449 g/mol. The molecule has 0 aromatic heterocycles. The number of para-hydroxylation sites is 1. The summed E-state index contributed by atoms with van der Waals surface area (Å²) in [6.07, 6.45) is 1.61. The number of amides is 1. The minimum Gasteiger partial charge on any atom is -0.356 e. The van der Waals surface area contributed by atoms with Crippen LogP contribution in [0.1, 0.15) is 22.3 Å². The van der Waals surface area contributed by atoms with Crippen molar-refractivity contribution in [2.45, 2.75) is 28.1 Å². The van der Waals surface area contributed by atoms with Crippen LogP contribution in [-0.2, 0) is 16.4 Å². The Balaban J connectivity index is 1.31. The fraction of sp³-hybridized carbons (Fsp3) is 0.174. The van der Waals surface area contributed by atoms with Crippen LogP contribution in [0.3, 0.4) is 0 Å². The number of aryl methyl sites for hydroxylation is 1.